The summed E-state index contributed by atoms with van der Waals surface area (Å²) in [7, 11) is 0. The van der Waals surface area contributed by atoms with Crippen LogP contribution in [0.5, 0.6) is 0 Å². The van der Waals surface area contributed by atoms with Gasteiger partial charge in [-0.3, -0.25) is 4.79 Å². The molecular weight excluding hydrogens is 329 g/mol. The van der Waals surface area contributed by atoms with Gasteiger partial charge in [0.05, 0.1) is 5.56 Å². The molecular formula is C14H17BrFNOS. The molecule has 1 aromatic rings. The molecule has 0 saturated heterocycles. The first-order chi connectivity index (χ1) is 9.11. The number of benzene rings is 1. The van der Waals surface area contributed by atoms with Gasteiger partial charge < -0.3 is 5.32 Å². The average molecular weight is 346 g/mol. The van der Waals surface area contributed by atoms with Gasteiger partial charge in [0.2, 0.25) is 0 Å². The van der Waals surface area contributed by atoms with Crippen molar-refractivity contribution in [1.29, 1.82) is 0 Å². The van der Waals surface area contributed by atoms with Gasteiger partial charge in [-0.05, 0) is 37.3 Å². The van der Waals surface area contributed by atoms with Crippen LogP contribution in [0.25, 0.3) is 0 Å². The third-order valence-corrected chi connectivity index (χ3v) is 5.16. The number of amides is 1. The largest absolute Gasteiger partial charge is 0.348 e. The van der Waals surface area contributed by atoms with Crippen molar-refractivity contribution in [2.45, 2.75) is 37.0 Å². The standard InChI is InChI=1S/C14H17BrFNOS/c1-19-13-5-3-2-4-12(13)17-14(18)10-7-6-9(15)8-11(10)16/h6-8,12-13H,2-5H2,1H3,(H,17,18). The summed E-state index contributed by atoms with van der Waals surface area (Å²) in [6.07, 6.45) is 6.51. The number of halogens is 2. The Balaban J connectivity index is 2.07. The van der Waals surface area contributed by atoms with Gasteiger partial charge >= 0.3 is 0 Å². The first kappa shape index (κ1) is 14.9. The van der Waals surface area contributed by atoms with E-state index in [1.165, 1.54) is 18.6 Å². The fraction of sp³-hybridized carbons (Fsp3) is 0.500. The molecule has 1 aromatic carbocycles. The van der Waals surface area contributed by atoms with E-state index in [-0.39, 0.29) is 17.5 Å². The Bertz CT molecular complexity index is 469. The zero-order valence-electron chi connectivity index (χ0n) is 10.8. The molecule has 1 fully saturated rings. The highest BCUT2D eigenvalue weighted by atomic mass is 79.9. The van der Waals surface area contributed by atoms with E-state index in [1.807, 2.05) is 0 Å². The lowest BCUT2D eigenvalue weighted by Gasteiger charge is -2.31. The van der Waals surface area contributed by atoms with Crippen LogP contribution in [-0.2, 0) is 0 Å². The average Bonchev–Trinajstić information content (AvgIpc) is 2.39. The third kappa shape index (κ3) is 3.72. The van der Waals surface area contributed by atoms with Crippen molar-refractivity contribution < 1.29 is 9.18 Å². The second-order valence-electron chi connectivity index (χ2n) is 4.76. The maximum Gasteiger partial charge on any atom is 0.254 e. The lowest BCUT2D eigenvalue weighted by Crippen LogP contribution is -2.43. The van der Waals surface area contributed by atoms with Crippen molar-refractivity contribution in [2.75, 3.05) is 6.26 Å². The van der Waals surface area contributed by atoms with Gasteiger partial charge in [-0.15, -0.1) is 0 Å². The molecule has 0 aromatic heterocycles. The van der Waals surface area contributed by atoms with Gasteiger partial charge in [0, 0.05) is 15.8 Å². The van der Waals surface area contributed by atoms with Crippen LogP contribution in [0, 0.1) is 5.82 Å². The maximum atomic E-state index is 13.7. The van der Waals surface area contributed by atoms with Crippen molar-refractivity contribution in [3.8, 4) is 0 Å². The summed E-state index contributed by atoms with van der Waals surface area (Å²) in [6, 6.07) is 4.68. The van der Waals surface area contributed by atoms with Crippen molar-refractivity contribution in [3.05, 3.63) is 34.1 Å². The van der Waals surface area contributed by atoms with E-state index >= 15 is 0 Å². The fourth-order valence-electron chi connectivity index (χ4n) is 2.46. The summed E-state index contributed by atoms with van der Waals surface area (Å²) in [5.41, 5.74) is 0.119. The first-order valence-corrected chi connectivity index (χ1v) is 8.48. The van der Waals surface area contributed by atoms with E-state index in [4.69, 9.17) is 0 Å². The molecule has 0 spiro atoms. The summed E-state index contributed by atoms with van der Waals surface area (Å²) in [6.45, 7) is 0. The summed E-state index contributed by atoms with van der Waals surface area (Å²) >= 11 is 4.97. The summed E-state index contributed by atoms with van der Waals surface area (Å²) in [5.74, 6) is -0.792. The number of hydrogen-bond acceptors (Lipinski definition) is 2. The molecule has 0 bridgehead atoms. The van der Waals surface area contributed by atoms with Crippen LogP contribution in [-0.4, -0.2) is 23.5 Å². The molecule has 1 N–H and O–H groups in total. The lowest BCUT2D eigenvalue weighted by atomic mass is 9.94. The molecule has 2 nitrogen and oxygen atoms in total. The highest BCUT2D eigenvalue weighted by Gasteiger charge is 2.26. The van der Waals surface area contributed by atoms with E-state index < -0.39 is 5.82 Å². The number of rotatable bonds is 3. The fourth-order valence-corrected chi connectivity index (χ4v) is 3.73. The summed E-state index contributed by atoms with van der Waals surface area (Å²) in [5, 5.41) is 3.42. The summed E-state index contributed by atoms with van der Waals surface area (Å²) < 4.78 is 14.4. The minimum absolute atomic E-state index is 0.119. The topological polar surface area (TPSA) is 29.1 Å². The Kier molecular flexibility index (Phi) is 5.28. The van der Waals surface area contributed by atoms with Gasteiger partial charge in [0.25, 0.3) is 5.91 Å². The molecule has 0 aliphatic heterocycles. The van der Waals surface area contributed by atoms with Crippen LogP contribution < -0.4 is 5.32 Å². The minimum Gasteiger partial charge on any atom is -0.348 e. The van der Waals surface area contributed by atoms with Crippen molar-refractivity contribution >= 4 is 33.6 Å². The van der Waals surface area contributed by atoms with Crippen LogP contribution in [0.2, 0.25) is 0 Å². The van der Waals surface area contributed by atoms with Crippen LogP contribution in [0.15, 0.2) is 22.7 Å². The van der Waals surface area contributed by atoms with E-state index in [9.17, 15) is 9.18 Å². The van der Waals surface area contributed by atoms with Gasteiger partial charge in [-0.1, -0.05) is 28.8 Å². The zero-order chi connectivity index (χ0) is 13.8. The normalized spacial score (nSPS) is 23.1. The number of thioether (sulfide) groups is 1. The molecule has 0 radical (unpaired) electrons. The Morgan fingerprint density at radius 3 is 2.84 bits per heavy atom. The molecule has 104 valence electrons. The van der Waals surface area contributed by atoms with Crippen molar-refractivity contribution in [3.63, 3.8) is 0 Å². The maximum absolute atomic E-state index is 13.7. The molecule has 1 amide bonds. The SMILES string of the molecule is CSC1CCCCC1NC(=O)c1ccc(Br)cc1F. The van der Waals surface area contributed by atoms with Gasteiger partial charge in [-0.2, -0.15) is 11.8 Å². The minimum atomic E-state index is -0.483. The van der Waals surface area contributed by atoms with Crippen LogP contribution in [0.1, 0.15) is 36.0 Å². The molecule has 1 saturated carbocycles. The molecule has 1 aliphatic rings. The monoisotopic (exact) mass is 345 g/mol. The molecule has 2 unspecified atom stereocenters. The van der Waals surface area contributed by atoms with E-state index in [0.29, 0.717) is 9.72 Å². The van der Waals surface area contributed by atoms with Crippen molar-refractivity contribution in [1.82, 2.24) is 5.32 Å². The molecule has 1 aliphatic carbocycles. The number of nitrogens with one attached hydrogen (secondary N) is 1. The second kappa shape index (κ2) is 6.75. The predicted octanol–water partition coefficient (Wildman–Crippen LogP) is 3.99. The van der Waals surface area contributed by atoms with E-state index in [1.54, 1.807) is 17.8 Å². The number of carbonyl (C=O) groups excluding carboxylic acids is 1. The number of carbonyl (C=O) groups is 1. The molecule has 0 heterocycles. The Hall–Kier alpha value is -0.550. The molecule has 2 atom stereocenters. The van der Waals surface area contributed by atoms with Crippen molar-refractivity contribution in [2.24, 2.45) is 0 Å². The zero-order valence-corrected chi connectivity index (χ0v) is 13.2. The Morgan fingerprint density at radius 1 is 1.42 bits per heavy atom. The van der Waals surface area contributed by atoms with Crippen LogP contribution in [0.3, 0.4) is 0 Å². The highest BCUT2D eigenvalue weighted by Crippen LogP contribution is 2.27. The smallest absolute Gasteiger partial charge is 0.254 e. The van der Waals surface area contributed by atoms with Crippen LogP contribution in [0.4, 0.5) is 4.39 Å². The quantitative estimate of drug-likeness (QED) is 0.897. The molecule has 19 heavy (non-hydrogen) atoms. The van der Waals surface area contributed by atoms with E-state index in [0.717, 1.165) is 19.3 Å². The molecule has 2 rings (SSSR count). The lowest BCUT2D eigenvalue weighted by molar-refractivity contribution is 0.0925. The van der Waals surface area contributed by atoms with E-state index in [2.05, 4.69) is 27.5 Å². The van der Waals surface area contributed by atoms with Gasteiger partial charge in [0.1, 0.15) is 5.82 Å². The third-order valence-electron chi connectivity index (χ3n) is 3.50. The van der Waals surface area contributed by atoms with Gasteiger partial charge in [0.15, 0.2) is 0 Å². The predicted molar refractivity (Wildman–Crippen MR) is 81.1 cm³/mol. The summed E-state index contributed by atoms with van der Waals surface area (Å²) in [4.78, 5) is 12.1. The Labute approximate surface area is 125 Å². The first-order valence-electron chi connectivity index (χ1n) is 6.40. The number of hydrogen-bond donors (Lipinski definition) is 1. The Morgan fingerprint density at radius 2 is 2.16 bits per heavy atom. The second-order valence-corrected chi connectivity index (χ2v) is 6.76. The molecule has 5 heteroatoms. The van der Waals surface area contributed by atoms with Gasteiger partial charge in [-0.25, -0.2) is 4.39 Å². The highest BCUT2D eigenvalue weighted by molar-refractivity contribution is 9.10. The van der Waals surface area contributed by atoms with Crippen LogP contribution >= 0.6 is 27.7 Å².